The Labute approximate surface area is 377 Å². The lowest BCUT2D eigenvalue weighted by Gasteiger charge is -2.41. The Balaban J connectivity index is 0.978. The van der Waals surface area contributed by atoms with Crippen molar-refractivity contribution in [2.24, 2.45) is 23.5 Å². The van der Waals surface area contributed by atoms with Crippen LogP contribution >= 0.6 is 0 Å². The number of nitrogens with two attached hydrogens (primary N) is 1. The Morgan fingerprint density at radius 1 is 0.969 bits per heavy atom. The van der Waals surface area contributed by atoms with Crippen molar-refractivity contribution in [2.45, 2.75) is 103 Å². The largest absolute Gasteiger partial charge is 0.488 e. The highest BCUT2D eigenvalue weighted by Gasteiger charge is 2.51. The predicted octanol–water partition coefficient (Wildman–Crippen LogP) is 6.62. The van der Waals surface area contributed by atoms with E-state index in [0.717, 1.165) is 61.9 Å². The van der Waals surface area contributed by atoms with Gasteiger partial charge >= 0.3 is 12.2 Å². The zero-order chi connectivity index (χ0) is 45.7. The minimum Gasteiger partial charge on any atom is -0.488 e. The van der Waals surface area contributed by atoms with Crippen molar-refractivity contribution >= 4 is 45.8 Å². The number of hydrogen-bond acceptors (Lipinski definition) is 11. The summed E-state index contributed by atoms with van der Waals surface area (Å²) in [5.74, 6) is 1.53. The molecule has 3 saturated heterocycles. The van der Waals surface area contributed by atoms with E-state index in [1.165, 1.54) is 14.2 Å². The highest BCUT2D eigenvalue weighted by molar-refractivity contribution is 6.07. The fourth-order valence-corrected chi connectivity index (χ4v) is 10.5. The number of H-pyrrole nitrogens is 2. The molecule has 4 aliphatic heterocycles. The van der Waals surface area contributed by atoms with E-state index in [1.54, 1.807) is 11.1 Å². The van der Waals surface area contributed by atoms with Crippen LogP contribution in [0.15, 0.2) is 48.7 Å². The summed E-state index contributed by atoms with van der Waals surface area (Å²) in [6, 6.07) is 12.6. The molecule has 0 bridgehead atoms. The Morgan fingerprint density at radius 3 is 2.48 bits per heavy atom. The second kappa shape index (κ2) is 17.6. The summed E-state index contributed by atoms with van der Waals surface area (Å²) in [7, 11) is 2.58. The molecule has 3 fully saturated rings. The molecule has 0 aliphatic carbocycles. The molecule has 1 unspecified atom stereocenters. The molecular formula is C48H59N9O8. The van der Waals surface area contributed by atoms with Gasteiger partial charge < -0.3 is 55.1 Å². The van der Waals surface area contributed by atoms with E-state index < -0.39 is 29.9 Å². The minimum atomic E-state index is -1.22. The van der Waals surface area contributed by atoms with Crippen LogP contribution in [-0.4, -0.2) is 106 Å². The lowest BCUT2D eigenvalue weighted by molar-refractivity contribution is -0.143. The third-order valence-corrected chi connectivity index (χ3v) is 14.0. The van der Waals surface area contributed by atoms with Crippen LogP contribution in [0.2, 0.25) is 0 Å². The number of nitrogens with zero attached hydrogens (tertiary/aromatic N) is 4. The van der Waals surface area contributed by atoms with E-state index in [9.17, 15) is 19.2 Å². The summed E-state index contributed by atoms with van der Waals surface area (Å²) >= 11 is 0. The van der Waals surface area contributed by atoms with Gasteiger partial charge in [-0.15, -0.1) is 0 Å². The SMILES string of the molecule is CC[C@H]1CC[C@@](N)(c2ncc(-c3ccc4c(c3)COc3cc5c(ccc6nc([C@@H]7C[C@H](C)CN7C(=O)[C@@H](NC(=O)OC)C(C)C)[nH]c65)cc3-4)[nH]2)N1C(=O)C(NC(=O)OC)C1CCOCC1. The number of nitrogens with one attached hydrogen (secondary N) is 4. The van der Waals surface area contributed by atoms with Crippen molar-refractivity contribution in [3.05, 3.63) is 65.9 Å². The van der Waals surface area contributed by atoms with Crippen molar-refractivity contribution in [1.82, 2.24) is 40.4 Å². The van der Waals surface area contributed by atoms with Crippen LogP contribution in [0.4, 0.5) is 9.59 Å². The van der Waals surface area contributed by atoms with E-state index in [2.05, 4.69) is 63.9 Å². The number of likely N-dealkylation sites (tertiary alicyclic amines) is 2. The molecule has 2 aromatic heterocycles. The number of benzene rings is 3. The van der Waals surface area contributed by atoms with Gasteiger partial charge in [0.05, 0.1) is 43.2 Å². The van der Waals surface area contributed by atoms with Crippen molar-refractivity contribution in [3.63, 3.8) is 0 Å². The number of hydrogen-bond donors (Lipinski definition) is 5. The van der Waals surface area contributed by atoms with Crippen molar-refractivity contribution in [3.8, 4) is 28.1 Å². The van der Waals surface area contributed by atoms with E-state index in [4.69, 9.17) is 34.6 Å². The highest BCUT2D eigenvalue weighted by atomic mass is 16.5. The first-order valence-corrected chi connectivity index (χ1v) is 22.8. The number of aromatic amines is 2. The number of imidazole rings is 2. The molecule has 6 atom stereocenters. The first kappa shape index (κ1) is 44.0. The maximum Gasteiger partial charge on any atom is 0.407 e. The molecule has 4 amide bonds. The van der Waals surface area contributed by atoms with Gasteiger partial charge in [0, 0.05) is 36.8 Å². The first-order chi connectivity index (χ1) is 31.3. The smallest absolute Gasteiger partial charge is 0.407 e. The Hall–Kier alpha value is -6.20. The lowest BCUT2D eigenvalue weighted by atomic mass is 9.90. The Morgan fingerprint density at radius 2 is 1.74 bits per heavy atom. The van der Waals surface area contributed by atoms with Crippen LogP contribution in [0.3, 0.4) is 0 Å². The second-order valence-corrected chi connectivity index (χ2v) is 18.5. The molecule has 0 spiro atoms. The summed E-state index contributed by atoms with van der Waals surface area (Å²) in [5.41, 5.74) is 12.4. The second-order valence-electron chi connectivity index (χ2n) is 18.5. The van der Waals surface area contributed by atoms with E-state index in [1.807, 2.05) is 31.7 Å². The Kier molecular flexibility index (Phi) is 12.0. The van der Waals surface area contributed by atoms with Crippen LogP contribution in [0, 0.1) is 17.8 Å². The van der Waals surface area contributed by atoms with Crippen LogP contribution in [0.1, 0.15) is 89.5 Å². The zero-order valence-electron chi connectivity index (χ0n) is 37.9. The number of ether oxygens (including phenoxy) is 4. The van der Waals surface area contributed by atoms with E-state index >= 15 is 0 Å². The van der Waals surface area contributed by atoms with Crippen LogP contribution in [0.25, 0.3) is 44.2 Å². The third-order valence-electron chi connectivity index (χ3n) is 14.0. The van der Waals surface area contributed by atoms with Gasteiger partial charge in [0.25, 0.3) is 0 Å². The number of aromatic nitrogens is 4. The topological polar surface area (TPSA) is 219 Å². The van der Waals surface area contributed by atoms with Gasteiger partial charge in [0.1, 0.15) is 36.1 Å². The van der Waals surface area contributed by atoms with Crippen molar-refractivity contribution in [1.29, 1.82) is 0 Å². The van der Waals surface area contributed by atoms with Crippen LogP contribution in [-0.2, 0) is 36.1 Å². The van der Waals surface area contributed by atoms with Crippen molar-refractivity contribution in [2.75, 3.05) is 34.0 Å². The zero-order valence-corrected chi connectivity index (χ0v) is 37.9. The van der Waals surface area contributed by atoms with Gasteiger partial charge in [-0.3, -0.25) is 9.59 Å². The predicted molar refractivity (Wildman–Crippen MR) is 242 cm³/mol. The number of methoxy groups -OCH3 is 2. The van der Waals surface area contributed by atoms with E-state index in [-0.39, 0.29) is 41.7 Å². The fourth-order valence-electron chi connectivity index (χ4n) is 10.5. The molecule has 17 heteroatoms. The molecule has 3 aromatic carbocycles. The monoisotopic (exact) mass is 889 g/mol. The van der Waals surface area contributed by atoms with Gasteiger partial charge in [-0.25, -0.2) is 19.6 Å². The van der Waals surface area contributed by atoms with Crippen molar-refractivity contribution < 1.29 is 38.1 Å². The Bertz CT molecular complexity index is 2640. The maximum atomic E-state index is 14.6. The number of carbonyl (C=O) groups is 4. The quantitative estimate of drug-likeness (QED) is 0.100. The number of alkyl carbamates (subject to hydrolysis) is 2. The van der Waals surface area contributed by atoms with Crippen LogP contribution in [0.5, 0.6) is 5.75 Å². The molecule has 5 aromatic rings. The summed E-state index contributed by atoms with van der Waals surface area (Å²) in [6.07, 6.45) is 4.36. The highest BCUT2D eigenvalue weighted by Crippen LogP contribution is 2.45. The fraction of sp³-hybridized carbons (Fsp3) is 0.500. The van der Waals surface area contributed by atoms with Gasteiger partial charge in [0.15, 0.2) is 5.66 Å². The number of carbonyl (C=O) groups excluding carboxylic acids is 4. The first-order valence-electron chi connectivity index (χ1n) is 22.8. The number of amides is 4. The van der Waals surface area contributed by atoms with Gasteiger partial charge in [0.2, 0.25) is 11.8 Å². The molecule has 9 rings (SSSR count). The van der Waals surface area contributed by atoms with Gasteiger partial charge in [-0.05, 0) is 103 Å². The molecule has 6 heterocycles. The third kappa shape index (κ3) is 8.02. The van der Waals surface area contributed by atoms with Gasteiger partial charge in [-0.1, -0.05) is 45.9 Å². The molecular weight excluding hydrogens is 831 g/mol. The number of fused-ring (bicyclic) bond motifs is 6. The van der Waals surface area contributed by atoms with Crippen LogP contribution < -0.4 is 21.1 Å². The maximum absolute atomic E-state index is 14.6. The molecule has 0 saturated carbocycles. The average molecular weight is 890 g/mol. The molecule has 344 valence electrons. The molecule has 0 radical (unpaired) electrons. The summed E-state index contributed by atoms with van der Waals surface area (Å²) in [6.45, 7) is 9.90. The lowest BCUT2D eigenvalue weighted by Crippen LogP contribution is -2.62. The normalized spacial score (nSPS) is 22.9. The molecule has 65 heavy (non-hydrogen) atoms. The summed E-state index contributed by atoms with van der Waals surface area (Å²) in [5, 5.41) is 7.53. The average Bonchev–Trinajstić information content (AvgIpc) is 4.14. The summed E-state index contributed by atoms with van der Waals surface area (Å²) < 4.78 is 21.8. The number of rotatable bonds is 10. The standard InChI is InChI=1S/C48H59N9O8/c1-7-31-12-15-48(49,57(31)44(59)40(55-47(61)63-6)27-13-16-64-17-14-27)45-50-22-36(52-45)29-8-10-32-30(19-29)24-65-38-21-33-28(20-34(32)38)9-11-35-41(33)53-42(51-35)37-18-26(4)23-56(37)43(58)39(25(2)3)54-46(60)62-5/h8-11,19-22,25-27,31,37,39-40H,7,12-18,23-24,49H2,1-6H3,(H,50,52)(H,51,53)(H,54,60)(H,55,61)/t26-,31-,37-,39-,40?,48-/m0/s1. The summed E-state index contributed by atoms with van der Waals surface area (Å²) in [4.78, 5) is 73.6. The van der Waals surface area contributed by atoms with Gasteiger partial charge in [-0.2, -0.15) is 0 Å². The minimum absolute atomic E-state index is 0.122. The molecule has 6 N–H and O–H groups in total. The molecule has 17 nitrogen and oxygen atoms in total. The molecule has 4 aliphatic rings. The van der Waals surface area contributed by atoms with E-state index in [0.29, 0.717) is 70.1 Å².